The van der Waals surface area contributed by atoms with Gasteiger partial charge in [-0.1, -0.05) is 13.8 Å². The van der Waals surface area contributed by atoms with Crippen molar-refractivity contribution in [3.63, 3.8) is 0 Å². The molecule has 112 valence electrons. The SMILES string of the molecule is COc1cc(C(=O)Cl)c(OCC(C)C)c(OC)c1OC. The van der Waals surface area contributed by atoms with Gasteiger partial charge in [-0.2, -0.15) is 0 Å². The van der Waals surface area contributed by atoms with Crippen LogP contribution < -0.4 is 18.9 Å². The number of carbonyl (C=O) groups is 1. The Morgan fingerprint density at radius 2 is 1.70 bits per heavy atom. The molecule has 20 heavy (non-hydrogen) atoms. The molecule has 0 fully saturated rings. The maximum Gasteiger partial charge on any atom is 0.256 e. The summed E-state index contributed by atoms with van der Waals surface area (Å²) < 4.78 is 21.4. The van der Waals surface area contributed by atoms with Gasteiger partial charge in [-0.15, -0.1) is 0 Å². The quantitative estimate of drug-likeness (QED) is 0.724. The summed E-state index contributed by atoms with van der Waals surface area (Å²) in [5.41, 5.74) is 0.182. The minimum atomic E-state index is -0.650. The van der Waals surface area contributed by atoms with E-state index < -0.39 is 5.24 Å². The van der Waals surface area contributed by atoms with E-state index in [0.29, 0.717) is 18.1 Å². The lowest BCUT2D eigenvalue weighted by Gasteiger charge is -2.19. The van der Waals surface area contributed by atoms with Crippen molar-refractivity contribution in [2.75, 3.05) is 27.9 Å². The van der Waals surface area contributed by atoms with Crippen LogP contribution in [0, 0.1) is 5.92 Å². The van der Waals surface area contributed by atoms with Crippen molar-refractivity contribution in [2.24, 2.45) is 5.92 Å². The number of ether oxygens (including phenoxy) is 4. The minimum absolute atomic E-state index is 0.182. The second kappa shape index (κ2) is 7.24. The van der Waals surface area contributed by atoms with Crippen LogP contribution in [0.15, 0.2) is 6.07 Å². The van der Waals surface area contributed by atoms with Gasteiger partial charge in [0.05, 0.1) is 33.5 Å². The molecular formula is C14H19ClO5. The first-order chi connectivity index (χ1) is 9.46. The Kier molecular flexibility index (Phi) is 5.95. The average Bonchev–Trinajstić information content (AvgIpc) is 2.42. The second-order valence-corrected chi connectivity index (χ2v) is 4.84. The van der Waals surface area contributed by atoms with Gasteiger partial charge in [-0.3, -0.25) is 4.79 Å². The summed E-state index contributed by atoms with van der Waals surface area (Å²) in [6.45, 7) is 4.41. The molecule has 0 saturated carbocycles. The first-order valence-corrected chi connectivity index (χ1v) is 6.49. The maximum atomic E-state index is 11.6. The van der Waals surface area contributed by atoms with E-state index in [9.17, 15) is 4.79 Å². The van der Waals surface area contributed by atoms with Crippen LogP contribution in [-0.2, 0) is 0 Å². The molecule has 0 aromatic heterocycles. The number of carbonyl (C=O) groups excluding carboxylic acids is 1. The van der Waals surface area contributed by atoms with Gasteiger partial charge in [-0.05, 0) is 17.5 Å². The molecule has 0 unspecified atom stereocenters. The van der Waals surface area contributed by atoms with Crippen LogP contribution in [0.4, 0.5) is 0 Å². The first kappa shape index (κ1) is 16.4. The van der Waals surface area contributed by atoms with Crippen LogP contribution in [0.5, 0.6) is 23.0 Å². The van der Waals surface area contributed by atoms with Crippen molar-refractivity contribution in [3.05, 3.63) is 11.6 Å². The molecule has 0 bridgehead atoms. The lowest BCUT2D eigenvalue weighted by atomic mass is 10.1. The number of rotatable bonds is 7. The fraction of sp³-hybridized carbons (Fsp3) is 0.500. The van der Waals surface area contributed by atoms with Crippen molar-refractivity contribution in [1.82, 2.24) is 0 Å². The topological polar surface area (TPSA) is 54.0 Å². The molecule has 1 rings (SSSR count). The van der Waals surface area contributed by atoms with Gasteiger partial charge in [0.25, 0.3) is 5.24 Å². The van der Waals surface area contributed by atoms with Crippen LogP contribution in [0.2, 0.25) is 0 Å². The van der Waals surface area contributed by atoms with Gasteiger partial charge in [-0.25, -0.2) is 0 Å². The number of benzene rings is 1. The molecule has 0 aliphatic rings. The number of methoxy groups -OCH3 is 3. The molecule has 0 atom stereocenters. The van der Waals surface area contributed by atoms with E-state index in [1.165, 1.54) is 27.4 Å². The van der Waals surface area contributed by atoms with Crippen molar-refractivity contribution in [3.8, 4) is 23.0 Å². The monoisotopic (exact) mass is 302 g/mol. The highest BCUT2D eigenvalue weighted by molar-refractivity contribution is 6.68. The van der Waals surface area contributed by atoms with Crippen molar-refractivity contribution in [2.45, 2.75) is 13.8 Å². The molecule has 0 amide bonds. The first-order valence-electron chi connectivity index (χ1n) is 6.11. The average molecular weight is 303 g/mol. The lowest BCUT2D eigenvalue weighted by molar-refractivity contribution is 0.107. The Hall–Kier alpha value is -1.62. The number of hydrogen-bond donors (Lipinski definition) is 0. The molecule has 0 heterocycles. The van der Waals surface area contributed by atoms with E-state index in [-0.39, 0.29) is 23.0 Å². The predicted octanol–water partition coefficient (Wildman–Crippen LogP) is 3.13. The maximum absolute atomic E-state index is 11.6. The van der Waals surface area contributed by atoms with E-state index in [1.54, 1.807) is 0 Å². The number of halogens is 1. The van der Waals surface area contributed by atoms with E-state index >= 15 is 0 Å². The summed E-state index contributed by atoms with van der Waals surface area (Å²) in [4.78, 5) is 11.6. The van der Waals surface area contributed by atoms with Gasteiger partial charge in [0.1, 0.15) is 0 Å². The summed E-state index contributed by atoms with van der Waals surface area (Å²) in [5.74, 6) is 1.54. The van der Waals surface area contributed by atoms with Gasteiger partial charge in [0.15, 0.2) is 11.5 Å². The molecule has 1 aromatic rings. The summed E-state index contributed by atoms with van der Waals surface area (Å²) in [5, 5.41) is -0.650. The second-order valence-electron chi connectivity index (χ2n) is 4.50. The highest BCUT2D eigenvalue weighted by Crippen LogP contribution is 2.47. The zero-order valence-electron chi connectivity index (χ0n) is 12.3. The third kappa shape index (κ3) is 3.48. The standard InChI is InChI=1S/C14H19ClO5/c1-8(2)7-20-11-9(14(15)16)6-10(17-3)12(18-4)13(11)19-5/h6,8H,7H2,1-5H3. The highest BCUT2D eigenvalue weighted by atomic mass is 35.5. The fourth-order valence-electron chi connectivity index (χ4n) is 1.67. The highest BCUT2D eigenvalue weighted by Gasteiger charge is 2.25. The van der Waals surface area contributed by atoms with Crippen LogP contribution in [-0.4, -0.2) is 33.2 Å². The van der Waals surface area contributed by atoms with Crippen LogP contribution in [0.3, 0.4) is 0 Å². The van der Waals surface area contributed by atoms with Crippen LogP contribution >= 0.6 is 11.6 Å². The molecular weight excluding hydrogens is 284 g/mol. The molecule has 1 aromatic carbocycles. The Bertz CT molecular complexity index is 485. The molecule has 0 radical (unpaired) electrons. The molecule has 0 N–H and O–H groups in total. The van der Waals surface area contributed by atoms with Crippen molar-refractivity contribution < 1.29 is 23.7 Å². The molecule has 5 nitrogen and oxygen atoms in total. The Balaban J connectivity index is 3.45. The van der Waals surface area contributed by atoms with Gasteiger partial charge in [0.2, 0.25) is 11.5 Å². The normalized spacial score (nSPS) is 10.3. The van der Waals surface area contributed by atoms with E-state index in [1.807, 2.05) is 13.8 Å². The Morgan fingerprint density at radius 3 is 2.10 bits per heavy atom. The zero-order valence-corrected chi connectivity index (χ0v) is 13.0. The van der Waals surface area contributed by atoms with Gasteiger partial charge < -0.3 is 18.9 Å². The predicted molar refractivity (Wildman–Crippen MR) is 76.6 cm³/mol. The molecule has 0 spiro atoms. The van der Waals surface area contributed by atoms with Gasteiger partial charge in [0, 0.05) is 6.07 Å². The van der Waals surface area contributed by atoms with Crippen molar-refractivity contribution in [1.29, 1.82) is 0 Å². The molecule has 6 heteroatoms. The van der Waals surface area contributed by atoms with E-state index in [4.69, 9.17) is 30.5 Å². The smallest absolute Gasteiger partial charge is 0.256 e. The lowest BCUT2D eigenvalue weighted by Crippen LogP contribution is -2.09. The molecule has 0 aliphatic heterocycles. The van der Waals surface area contributed by atoms with Gasteiger partial charge >= 0.3 is 0 Å². The van der Waals surface area contributed by atoms with Crippen molar-refractivity contribution >= 4 is 16.8 Å². The summed E-state index contributed by atoms with van der Waals surface area (Å²) >= 11 is 5.61. The summed E-state index contributed by atoms with van der Waals surface area (Å²) in [6.07, 6.45) is 0. The van der Waals surface area contributed by atoms with Crippen LogP contribution in [0.1, 0.15) is 24.2 Å². The third-order valence-corrected chi connectivity index (χ3v) is 2.76. The number of hydrogen-bond acceptors (Lipinski definition) is 5. The minimum Gasteiger partial charge on any atom is -0.493 e. The summed E-state index contributed by atoms with van der Waals surface area (Å²) in [6, 6.07) is 1.48. The largest absolute Gasteiger partial charge is 0.493 e. The Morgan fingerprint density at radius 1 is 1.10 bits per heavy atom. The van der Waals surface area contributed by atoms with Crippen LogP contribution in [0.25, 0.3) is 0 Å². The summed E-state index contributed by atoms with van der Waals surface area (Å²) in [7, 11) is 4.41. The molecule has 0 saturated heterocycles. The fourth-order valence-corrected chi connectivity index (χ4v) is 1.81. The third-order valence-electron chi connectivity index (χ3n) is 2.56. The van der Waals surface area contributed by atoms with E-state index in [0.717, 1.165) is 0 Å². The zero-order chi connectivity index (χ0) is 15.3. The Labute approximate surface area is 123 Å². The van der Waals surface area contributed by atoms with E-state index in [2.05, 4.69) is 0 Å². The molecule has 0 aliphatic carbocycles.